The average molecular weight is 294 g/mol. The number of halogens is 1. The second-order valence-corrected chi connectivity index (χ2v) is 6.38. The van der Waals surface area contributed by atoms with Gasteiger partial charge in [0.2, 0.25) is 7.37 Å². The van der Waals surface area contributed by atoms with Gasteiger partial charge in [-0.05, 0) is 19.1 Å². The van der Waals surface area contributed by atoms with Crippen LogP contribution in [-0.4, -0.2) is 23.4 Å². The van der Waals surface area contributed by atoms with Gasteiger partial charge >= 0.3 is 0 Å². The Hall–Kier alpha value is -0.220. The van der Waals surface area contributed by atoms with Crippen LogP contribution in [-0.2, 0) is 15.7 Å². The molecule has 0 spiro atoms. The number of pyridine rings is 1. The molecule has 0 aliphatic carbocycles. The van der Waals surface area contributed by atoms with Crippen LogP contribution in [0.3, 0.4) is 0 Å². The van der Waals surface area contributed by atoms with Gasteiger partial charge in [0.1, 0.15) is 5.44 Å². The molecule has 0 saturated carbocycles. The Morgan fingerprint density at radius 1 is 1.60 bits per heavy atom. The first kappa shape index (κ1) is 12.8. The van der Waals surface area contributed by atoms with Gasteiger partial charge < -0.3 is 9.63 Å². The van der Waals surface area contributed by atoms with Crippen LogP contribution in [0, 0.1) is 0 Å². The number of hydrogen-bond donors (Lipinski definition) is 1. The maximum atomic E-state index is 12.0. The van der Waals surface area contributed by atoms with E-state index >= 15 is 0 Å². The second-order valence-electron chi connectivity index (χ2n) is 3.06. The van der Waals surface area contributed by atoms with E-state index in [1.807, 2.05) is 0 Å². The zero-order valence-electron chi connectivity index (χ0n) is 8.61. The van der Waals surface area contributed by atoms with Crippen molar-refractivity contribution in [3.05, 3.63) is 22.3 Å². The molecule has 1 aromatic heterocycles. The number of aliphatic hydroxyl groups is 1. The van der Waals surface area contributed by atoms with Gasteiger partial charge in [0.25, 0.3) is 0 Å². The van der Waals surface area contributed by atoms with E-state index in [1.165, 1.54) is 6.66 Å². The van der Waals surface area contributed by atoms with Crippen molar-refractivity contribution in [2.24, 2.45) is 0 Å². The number of aliphatic hydroxyl groups excluding tert-OH is 1. The molecule has 4 nitrogen and oxygen atoms in total. The van der Waals surface area contributed by atoms with Gasteiger partial charge in [0.15, 0.2) is 0 Å². The molecule has 1 aromatic rings. The molecule has 1 atom stereocenters. The van der Waals surface area contributed by atoms with Crippen molar-refractivity contribution in [2.75, 3.05) is 13.3 Å². The topological polar surface area (TPSA) is 59.4 Å². The van der Waals surface area contributed by atoms with E-state index in [4.69, 9.17) is 9.63 Å². The third-order valence-electron chi connectivity index (χ3n) is 1.78. The summed E-state index contributed by atoms with van der Waals surface area (Å²) in [5.74, 6) is 0. The monoisotopic (exact) mass is 293 g/mol. The zero-order chi connectivity index (χ0) is 11.5. The Balaban J connectivity index is 3.13. The molecule has 0 saturated heterocycles. The number of hydrogen-bond acceptors (Lipinski definition) is 4. The van der Waals surface area contributed by atoms with Crippen LogP contribution in [0.1, 0.15) is 12.6 Å². The second kappa shape index (κ2) is 5.21. The van der Waals surface area contributed by atoms with Crippen LogP contribution in [0.25, 0.3) is 0 Å². The van der Waals surface area contributed by atoms with Crippen LogP contribution < -0.4 is 5.44 Å². The van der Waals surface area contributed by atoms with Gasteiger partial charge in [0, 0.05) is 11.1 Å². The number of nitrogens with zero attached hydrogens (tertiary/aromatic N) is 1. The molecule has 0 aliphatic heterocycles. The van der Waals surface area contributed by atoms with Crippen LogP contribution in [0.4, 0.5) is 0 Å². The number of aromatic nitrogens is 1. The van der Waals surface area contributed by atoms with Crippen molar-refractivity contribution in [2.45, 2.75) is 13.5 Å². The molecule has 0 aliphatic rings. The lowest BCUT2D eigenvalue weighted by molar-refractivity contribution is 0.277. The minimum Gasteiger partial charge on any atom is -0.390 e. The molecule has 1 heterocycles. The largest absolute Gasteiger partial charge is 0.390 e. The fourth-order valence-electron chi connectivity index (χ4n) is 1.14. The Morgan fingerprint density at radius 2 is 2.27 bits per heavy atom. The predicted octanol–water partition coefficient (Wildman–Crippen LogP) is 1.91. The first-order valence-corrected chi connectivity index (χ1v) is 7.36. The van der Waals surface area contributed by atoms with Gasteiger partial charge in [-0.3, -0.25) is 4.57 Å². The van der Waals surface area contributed by atoms with E-state index in [-0.39, 0.29) is 6.61 Å². The Bertz CT molecular complexity index is 397. The highest BCUT2D eigenvalue weighted by Gasteiger charge is 2.21. The van der Waals surface area contributed by atoms with Crippen molar-refractivity contribution in [1.29, 1.82) is 0 Å². The van der Waals surface area contributed by atoms with E-state index in [0.717, 1.165) is 4.47 Å². The summed E-state index contributed by atoms with van der Waals surface area (Å²) in [6.45, 7) is 3.49. The molecule has 0 bridgehead atoms. The Labute approximate surface area is 97.3 Å². The first-order valence-electron chi connectivity index (χ1n) is 4.49. The fourth-order valence-corrected chi connectivity index (χ4v) is 3.10. The molecule has 84 valence electrons. The van der Waals surface area contributed by atoms with E-state index < -0.39 is 7.37 Å². The molecule has 15 heavy (non-hydrogen) atoms. The van der Waals surface area contributed by atoms with E-state index in [2.05, 4.69) is 20.9 Å². The van der Waals surface area contributed by atoms with Crippen LogP contribution in [0.15, 0.2) is 16.6 Å². The third kappa shape index (κ3) is 3.38. The summed E-state index contributed by atoms with van der Waals surface area (Å²) in [6.07, 6.45) is 0. The van der Waals surface area contributed by atoms with E-state index in [0.29, 0.717) is 17.7 Å². The Morgan fingerprint density at radius 3 is 2.80 bits per heavy atom. The Kier molecular flexibility index (Phi) is 4.46. The van der Waals surface area contributed by atoms with Crippen LogP contribution in [0.2, 0.25) is 0 Å². The molecule has 1 N–H and O–H groups in total. The van der Waals surface area contributed by atoms with Crippen molar-refractivity contribution in [3.63, 3.8) is 0 Å². The summed E-state index contributed by atoms with van der Waals surface area (Å²) in [4.78, 5) is 4.07. The maximum absolute atomic E-state index is 12.0. The summed E-state index contributed by atoms with van der Waals surface area (Å²) >= 11 is 3.27. The maximum Gasteiger partial charge on any atom is 0.247 e. The number of rotatable bonds is 4. The SMILES string of the molecule is CCOP(C)(=O)c1cc(Br)cc(CO)n1. The lowest BCUT2D eigenvalue weighted by atomic mass is 10.4. The van der Waals surface area contributed by atoms with E-state index in [1.54, 1.807) is 19.1 Å². The molecule has 6 heteroatoms. The van der Waals surface area contributed by atoms with Gasteiger partial charge in [-0.1, -0.05) is 15.9 Å². The third-order valence-corrected chi connectivity index (χ3v) is 4.05. The molecular formula is C9H13BrNO3P. The minimum atomic E-state index is -2.86. The summed E-state index contributed by atoms with van der Waals surface area (Å²) in [5.41, 5.74) is 0.851. The molecular weight excluding hydrogens is 281 g/mol. The van der Waals surface area contributed by atoms with Crippen LogP contribution in [0.5, 0.6) is 0 Å². The van der Waals surface area contributed by atoms with Crippen molar-refractivity contribution in [3.8, 4) is 0 Å². The van der Waals surface area contributed by atoms with Crippen molar-refractivity contribution >= 4 is 28.7 Å². The highest BCUT2D eigenvalue weighted by atomic mass is 79.9. The molecule has 0 aromatic carbocycles. The van der Waals surface area contributed by atoms with Crippen LogP contribution >= 0.6 is 23.3 Å². The lowest BCUT2D eigenvalue weighted by Crippen LogP contribution is -2.13. The highest BCUT2D eigenvalue weighted by Crippen LogP contribution is 2.40. The molecule has 1 unspecified atom stereocenters. The standard InChI is InChI=1S/C9H13BrNO3P/c1-3-14-15(2,13)9-5-7(10)4-8(6-12)11-9/h4-5,12H,3,6H2,1-2H3. The minimum absolute atomic E-state index is 0.182. The summed E-state index contributed by atoms with van der Waals surface area (Å²) in [6, 6.07) is 3.32. The summed E-state index contributed by atoms with van der Waals surface area (Å²) in [5, 5.41) is 8.97. The zero-order valence-corrected chi connectivity index (χ0v) is 11.1. The van der Waals surface area contributed by atoms with Gasteiger partial charge in [-0.15, -0.1) is 0 Å². The highest BCUT2D eigenvalue weighted by molar-refractivity contribution is 9.10. The lowest BCUT2D eigenvalue weighted by Gasteiger charge is -2.12. The van der Waals surface area contributed by atoms with Crippen molar-refractivity contribution < 1.29 is 14.2 Å². The van der Waals surface area contributed by atoms with Crippen molar-refractivity contribution in [1.82, 2.24) is 4.98 Å². The first-order chi connectivity index (χ1) is 6.99. The molecule has 0 radical (unpaired) electrons. The smallest absolute Gasteiger partial charge is 0.247 e. The molecule has 1 rings (SSSR count). The van der Waals surface area contributed by atoms with E-state index in [9.17, 15) is 4.57 Å². The molecule has 0 amide bonds. The quantitative estimate of drug-likeness (QED) is 0.862. The average Bonchev–Trinajstić information content (AvgIpc) is 2.16. The fraction of sp³-hybridized carbons (Fsp3) is 0.444. The van der Waals surface area contributed by atoms with Gasteiger partial charge in [-0.2, -0.15) is 0 Å². The van der Waals surface area contributed by atoms with Gasteiger partial charge in [0.05, 0.1) is 18.9 Å². The predicted molar refractivity (Wildman–Crippen MR) is 62.7 cm³/mol. The summed E-state index contributed by atoms with van der Waals surface area (Å²) in [7, 11) is -2.86. The normalized spacial score (nSPS) is 14.9. The van der Waals surface area contributed by atoms with Gasteiger partial charge in [-0.25, -0.2) is 4.98 Å². The molecule has 0 fully saturated rings. The summed E-state index contributed by atoms with van der Waals surface area (Å²) < 4.78 is 17.9.